The van der Waals surface area contributed by atoms with E-state index in [-0.39, 0.29) is 11.6 Å². The highest BCUT2D eigenvalue weighted by Crippen LogP contribution is 2.47. The molecule has 2 aromatic heterocycles. The summed E-state index contributed by atoms with van der Waals surface area (Å²) >= 11 is 0. The van der Waals surface area contributed by atoms with Gasteiger partial charge < -0.3 is 9.88 Å². The van der Waals surface area contributed by atoms with Gasteiger partial charge in [0.1, 0.15) is 17.8 Å². The monoisotopic (exact) mass is 364 g/mol. The quantitative estimate of drug-likeness (QED) is 0.881. The Bertz CT molecular complexity index is 889. The van der Waals surface area contributed by atoms with Crippen LogP contribution in [0.15, 0.2) is 18.6 Å². The van der Waals surface area contributed by atoms with Crippen LogP contribution in [0.4, 0.5) is 5.82 Å². The molecule has 1 saturated heterocycles. The van der Waals surface area contributed by atoms with E-state index in [1.165, 1.54) is 4.31 Å². The first-order chi connectivity index (χ1) is 11.8. The van der Waals surface area contributed by atoms with Crippen LogP contribution in [-0.2, 0) is 10.2 Å². The third kappa shape index (κ3) is 2.61. The normalized spacial score (nSPS) is 20.9. The fraction of sp³-hybridized carbons (Fsp3) is 0.625. The fourth-order valence-corrected chi connectivity index (χ4v) is 5.47. The molecule has 1 aliphatic carbocycles. The standard InChI is InChI=1S/C16H24N6O2S/c1-12(2)20(3)25(23,24)22-9-8-21(10-16(22)5-6-16)15-13-4-7-17-14(13)18-11-19-15/h4,7,11-12H,5-6,8-10H2,1-3H3,(H,17,18,19). The summed E-state index contributed by atoms with van der Waals surface area (Å²) in [6, 6.07) is 1.92. The first kappa shape index (κ1) is 16.7. The lowest BCUT2D eigenvalue weighted by Crippen LogP contribution is -2.60. The van der Waals surface area contributed by atoms with Gasteiger partial charge in [0.25, 0.3) is 10.2 Å². The maximum Gasteiger partial charge on any atom is 0.282 e. The topological polar surface area (TPSA) is 85.4 Å². The minimum atomic E-state index is -3.44. The summed E-state index contributed by atoms with van der Waals surface area (Å²) in [6.07, 6.45) is 5.21. The smallest absolute Gasteiger partial charge is 0.282 e. The largest absolute Gasteiger partial charge is 0.353 e. The van der Waals surface area contributed by atoms with Gasteiger partial charge in [-0.1, -0.05) is 0 Å². The zero-order chi connectivity index (χ0) is 17.8. The number of hydrogen-bond donors (Lipinski definition) is 1. The number of nitrogens with zero attached hydrogens (tertiary/aromatic N) is 5. The number of H-pyrrole nitrogens is 1. The summed E-state index contributed by atoms with van der Waals surface area (Å²) in [5.41, 5.74) is 0.512. The number of nitrogens with one attached hydrogen (secondary N) is 1. The zero-order valence-electron chi connectivity index (χ0n) is 14.8. The van der Waals surface area contributed by atoms with E-state index in [9.17, 15) is 8.42 Å². The van der Waals surface area contributed by atoms with E-state index in [4.69, 9.17) is 0 Å². The van der Waals surface area contributed by atoms with Crippen molar-refractivity contribution in [1.82, 2.24) is 23.6 Å². The molecule has 0 aromatic carbocycles. The van der Waals surface area contributed by atoms with E-state index in [1.807, 2.05) is 26.1 Å². The van der Waals surface area contributed by atoms with Crippen LogP contribution in [0.1, 0.15) is 26.7 Å². The highest BCUT2D eigenvalue weighted by molar-refractivity contribution is 7.86. The van der Waals surface area contributed by atoms with Gasteiger partial charge in [0.05, 0.1) is 10.9 Å². The van der Waals surface area contributed by atoms with Crippen LogP contribution in [0, 0.1) is 0 Å². The zero-order valence-corrected chi connectivity index (χ0v) is 15.6. The first-order valence-electron chi connectivity index (χ1n) is 8.64. The van der Waals surface area contributed by atoms with E-state index < -0.39 is 10.2 Å². The van der Waals surface area contributed by atoms with Crippen LogP contribution in [0.3, 0.4) is 0 Å². The molecule has 25 heavy (non-hydrogen) atoms. The molecule has 1 aliphatic heterocycles. The van der Waals surface area contributed by atoms with Gasteiger partial charge in [0.2, 0.25) is 0 Å². The van der Waals surface area contributed by atoms with Crippen molar-refractivity contribution in [2.45, 2.75) is 38.3 Å². The summed E-state index contributed by atoms with van der Waals surface area (Å²) in [7, 11) is -1.78. The molecule has 0 radical (unpaired) electrons. The van der Waals surface area contributed by atoms with Crippen molar-refractivity contribution in [1.29, 1.82) is 0 Å². The molecule has 136 valence electrons. The average molecular weight is 364 g/mol. The molecule has 0 amide bonds. The van der Waals surface area contributed by atoms with Crippen LogP contribution in [0.25, 0.3) is 11.0 Å². The molecule has 4 rings (SSSR count). The molecule has 2 fully saturated rings. The molecule has 9 heteroatoms. The van der Waals surface area contributed by atoms with Crippen LogP contribution in [-0.4, -0.2) is 70.2 Å². The van der Waals surface area contributed by atoms with E-state index in [0.29, 0.717) is 19.6 Å². The van der Waals surface area contributed by atoms with Crippen LogP contribution in [0.5, 0.6) is 0 Å². The fourth-order valence-electron chi connectivity index (χ4n) is 3.59. The van der Waals surface area contributed by atoms with Gasteiger partial charge in [-0.25, -0.2) is 9.97 Å². The number of aromatic amines is 1. The van der Waals surface area contributed by atoms with Gasteiger partial charge in [0.15, 0.2) is 0 Å². The lowest BCUT2D eigenvalue weighted by atomic mass is 10.2. The second kappa shape index (κ2) is 5.65. The second-order valence-corrected chi connectivity index (χ2v) is 9.19. The Morgan fingerprint density at radius 3 is 2.72 bits per heavy atom. The maximum atomic E-state index is 13.0. The van der Waals surface area contributed by atoms with E-state index in [0.717, 1.165) is 29.7 Å². The SMILES string of the molecule is CC(C)N(C)S(=O)(=O)N1CCN(c2ncnc3[nH]ccc23)CC12CC2. The third-order valence-corrected chi connectivity index (χ3v) is 7.69. The minimum absolute atomic E-state index is 0.0554. The maximum absolute atomic E-state index is 13.0. The first-order valence-corrected chi connectivity index (χ1v) is 10.0. The Morgan fingerprint density at radius 2 is 2.04 bits per heavy atom. The van der Waals surface area contributed by atoms with E-state index in [1.54, 1.807) is 17.7 Å². The van der Waals surface area contributed by atoms with Gasteiger partial charge in [-0.05, 0) is 32.8 Å². The summed E-state index contributed by atoms with van der Waals surface area (Å²) in [6.45, 7) is 5.59. The van der Waals surface area contributed by atoms with Gasteiger partial charge in [-0.3, -0.25) is 0 Å². The van der Waals surface area contributed by atoms with Crippen molar-refractivity contribution in [3.63, 3.8) is 0 Å². The van der Waals surface area contributed by atoms with Crippen molar-refractivity contribution in [3.05, 3.63) is 18.6 Å². The number of piperazine rings is 1. The Hall–Kier alpha value is -1.71. The molecule has 1 N–H and O–H groups in total. The molecule has 3 heterocycles. The Balaban J connectivity index is 1.63. The van der Waals surface area contributed by atoms with Crippen LogP contribution >= 0.6 is 0 Å². The number of aromatic nitrogens is 3. The van der Waals surface area contributed by atoms with Crippen molar-refractivity contribution in [3.8, 4) is 0 Å². The average Bonchev–Trinajstić information content (AvgIpc) is 3.16. The Morgan fingerprint density at radius 1 is 1.28 bits per heavy atom. The highest BCUT2D eigenvalue weighted by Gasteiger charge is 2.56. The van der Waals surface area contributed by atoms with Gasteiger partial charge >= 0.3 is 0 Å². The van der Waals surface area contributed by atoms with Crippen molar-refractivity contribution in [2.24, 2.45) is 0 Å². The number of fused-ring (bicyclic) bond motifs is 1. The molecule has 2 aliphatic rings. The molecule has 1 spiro atoms. The predicted octanol–water partition coefficient (Wildman–Crippen LogP) is 1.20. The van der Waals surface area contributed by atoms with Crippen molar-refractivity contribution < 1.29 is 8.42 Å². The summed E-state index contributed by atoms with van der Waals surface area (Å²) in [5, 5.41) is 0.980. The van der Waals surface area contributed by atoms with Gasteiger partial charge in [-0.2, -0.15) is 17.0 Å². The molecule has 8 nitrogen and oxygen atoms in total. The molecule has 2 aromatic rings. The summed E-state index contributed by atoms with van der Waals surface area (Å²) < 4.78 is 29.2. The minimum Gasteiger partial charge on any atom is -0.353 e. The second-order valence-electron chi connectivity index (χ2n) is 7.27. The predicted molar refractivity (Wildman–Crippen MR) is 96.6 cm³/mol. The van der Waals surface area contributed by atoms with Crippen LogP contribution in [0.2, 0.25) is 0 Å². The molecular weight excluding hydrogens is 340 g/mol. The van der Waals surface area contributed by atoms with Crippen molar-refractivity contribution >= 4 is 27.1 Å². The summed E-state index contributed by atoms with van der Waals surface area (Å²) in [5.74, 6) is 0.881. The molecular formula is C16H24N6O2S. The Kier molecular flexibility index (Phi) is 3.78. The molecule has 1 saturated carbocycles. The number of hydrogen-bond acceptors (Lipinski definition) is 5. The molecule has 0 atom stereocenters. The molecule has 0 unspecified atom stereocenters. The van der Waals surface area contributed by atoms with E-state index >= 15 is 0 Å². The summed E-state index contributed by atoms with van der Waals surface area (Å²) in [4.78, 5) is 14.0. The molecule has 0 bridgehead atoms. The van der Waals surface area contributed by atoms with E-state index in [2.05, 4.69) is 19.9 Å². The van der Waals surface area contributed by atoms with Gasteiger partial charge in [-0.15, -0.1) is 0 Å². The lowest BCUT2D eigenvalue weighted by molar-refractivity contribution is 0.244. The number of anilines is 1. The van der Waals surface area contributed by atoms with Crippen LogP contribution < -0.4 is 4.90 Å². The highest BCUT2D eigenvalue weighted by atomic mass is 32.2. The van der Waals surface area contributed by atoms with Crippen molar-refractivity contribution in [2.75, 3.05) is 31.6 Å². The van der Waals surface area contributed by atoms with Gasteiger partial charge in [0, 0.05) is 38.9 Å². The Labute approximate surface area is 148 Å². The third-order valence-electron chi connectivity index (χ3n) is 5.42. The lowest BCUT2D eigenvalue weighted by Gasteiger charge is -2.43. The number of rotatable bonds is 4.